The molecule has 1 fully saturated rings. The van der Waals surface area contributed by atoms with E-state index in [1.165, 1.54) is 0 Å². The van der Waals surface area contributed by atoms with E-state index in [1.54, 1.807) is 17.3 Å². The molecule has 6 nitrogen and oxygen atoms in total. The Kier molecular flexibility index (Phi) is 5.63. The molecule has 0 aliphatic carbocycles. The summed E-state index contributed by atoms with van der Waals surface area (Å²) >= 11 is 3.31. The van der Waals surface area contributed by atoms with Gasteiger partial charge in [-0.3, -0.25) is 0 Å². The van der Waals surface area contributed by atoms with Crippen molar-refractivity contribution < 1.29 is 9.53 Å². The maximum absolute atomic E-state index is 12.3. The average Bonchev–Trinajstić information content (AvgIpc) is 3.09. The summed E-state index contributed by atoms with van der Waals surface area (Å²) in [6.45, 7) is 1.63. The van der Waals surface area contributed by atoms with Crippen LogP contribution in [-0.2, 0) is 11.3 Å². The van der Waals surface area contributed by atoms with Crippen molar-refractivity contribution in [2.75, 3.05) is 18.4 Å². The Balaban J connectivity index is 1.50. The smallest absolute Gasteiger partial charge is 0.410 e. The number of anilines is 1. The molecule has 0 bridgehead atoms. The average molecular weight is 391 g/mol. The number of halogens is 1. The quantitative estimate of drug-likeness (QED) is 0.846. The fourth-order valence-electron chi connectivity index (χ4n) is 2.70. The summed E-state index contributed by atoms with van der Waals surface area (Å²) in [6.07, 6.45) is 5.05. The second-order valence-corrected chi connectivity index (χ2v) is 6.55. The molecular weight excluding hydrogens is 372 g/mol. The molecule has 1 aliphatic rings. The molecule has 1 aliphatic heterocycles. The normalized spacial score (nSPS) is 16.9. The Morgan fingerprint density at radius 3 is 2.79 bits per heavy atom. The molecule has 1 saturated heterocycles. The fraction of sp³-hybridized carbons (Fsp3) is 0.353. The van der Waals surface area contributed by atoms with Crippen LogP contribution in [0.3, 0.4) is 0 Å². The lowest BCUT2D eigenvalue weighted by atomic mass is 10.2. The maximum atomic E-state index is 12.3. The highest BCUT2D eigenvalue weighted by Gasteiger charge is 2.29. The number of nitrogens with zero attached hydrogens (tertiary/aromatic N) is 3. The Morgan fingerprint density at radius 1 is 1.29 bits per heavy atom. The summed E-state index contributed by atoms with van der Waals surface area (Å²) < 4.78 is 6.27. The molecule has 126 valence electrons. The zero-order chi connectivity index (χ0) is 16.8. The molecule has 0 spiro atoms. The van der Waals surface area contributed by atoms with Gasteiger partial charge in [0.25, 0.3) is 0 Å². The molecule has 2 heterocycles. The summed E-state index contributed by atoms with van der Waals surface area (Å²) in [6, 6.07) is 9.80. The SMILES string of the molecule is O=C(OCc1ccccc1)N1CCCC1CNc1ncc(Br)cn1. The van der Waals surface area contributed by atoms with Gasteiger partial charge in [-0.2, -0.15) is 0 Å². The van der Waals surface area contributed by atoms with Crippen molar-refractivity contribution in [1.82, 2.24) is 14.9 Å². The summed E-state index contributed by atoms with van der Waals surface area (Å²) in [5, 5.41) is 3.18. The molecule has 7 heteroatoms. The molecule has 1 aromatic carbocycles. The van der Waals surface area contributed by atoms with Gasteiger partial charge in [-0.1, -0.05) is 30.3 Å². The molecule has 1 N–H and O–H groups in total. The van der Waals surface area contributed by atoms with Crippen molar-refractivity contribution in [2.24, 2.45) is 0 Å². The van der Waals surface area contributed by atoms with E-state index in [0.717, 1.165) is 29.4 Å². The topological polar surface area (TPSA) is 67.3 Å². The van der Waals surface area contributed by atoms with E-state index in [0.29, 0.717) is 19.1 Å². The Morgan fingerprint density at radius 2 is 2.04 bits per heavy atom. The molecular formula is C17H19BrN4O2. The van der Waals surface area contributed by atoms with E-state index < -0.39 is 0 Å². The zero-order valence-electron chi connectivity index (χ0n) is 13.2. The number of amides is 1. The number of aromatic nitrogens is 2. The number of carbonyl (C=O) groups excluding carboxylic acids is 1. The first-order chi connectivity index (χ1) is 11.7. The minimum Gasteiger partial charge on any atom is -0.445 e. The highest BCUT2D eigenvalue weighted by atomic mass is 79.9. The molecule has 3 rings (SSSR count). The standard InChI is InChI=1S/C17H19BrN4O2/c18-14-9-19-16(20-10-14)21-11-15-7-4-8-22(15)17(23)24-12-13-5-2-1-3-6-13/h1-3,5-6,9-10,15H,4,7-8,11-12H2,(H,19,20,21). The predicted molar refractivity (Wildman–Crippen MR) is 94.6 cm³/mol. The van der Waals surface area contributed by atoms with Crippen LogP contribution >= 0.6 is 15.9 Å². The van der Waals surface area contributed by atoms with E-state index in [2.05, 4.69) is 31.2 Å². The van der Waals surface area contributed by atoms with E-state index in [1.807, 2.05) is 30.3 Å². The number of benzene rings is 1. The van der Waals surface area contributed by atoms with Crippen molar-refractivity contribution >= 4 is 28.0 Å². The largest absolute Gasteiger partial charge is 0.445 e. The van der Waals surface area contributed by atoms with Crippen LogP contribution in [-0.4, -0.2) is 40.1 Å². The van der Waals surface area contributed by atoms with E-state index >= 15 is 0 Å². The van der Waals surface area contributed by atoms with Gasteiger partial charge in [-0.25, -0.2) is 14.8 Å². The maximum Gasteiger partial charge on any atom is 0.410 e. The summed E-state index contributed by atoms with van der Waals surface area (Å²) in [7, 11) is 0. The van der Waals surface area contributed by atoms with Gasteiger partial charge in [0.05, 0.1) is 10.5 Å². The Hall–Kier alpha value is -2.15. The molecule has 24 heavy (non-hydrogen) atoms. The second-order valence-electron chi connectivity index (χ2n) is 5.64. The van der Waals surface area contributed by atoms with E-state index in [-0.39, 0.29) is 12.1 Å². The van der Waals surface area contributed by atoms with Gasteiger partial charge in [0.1, 0.15) is 6.61 Å². The van der Waals surface area contributed by atoms with Crippen molar-refractivity contribution in [3.05, 3.63) is 52.8 Å². The Bertz CT molecular complexity index is 666. The number of ether oxygens (including phenoxy) is 1. The van der Waals surface area contributed by atoms with E-state index in [9.17, 15) is 4.79 Å². The molecule has 1 aromatic heterocycles. The van der Waals surface area contributed by atoms with Crippen LogP contribution in [0, 0.1) is 0 Å². The summed E-state index contributed by atoms with van der Waals surface area (Å²) in [4.78, 5) is 22.5. The van der Waals surface area contributed by atoms with Gasteiger partial charge in [-0.05, 0) is 34.3 Å². The summed E-state index contributed by atoms with van der Waals surface area (Å²) in [5.74, 6) is 0.558. The zero-order valence-corrected chi connectivity index (χ0v) is 14.8. The monoisotopic (exact) mass is 390 g/mol. The first kappa shape index (κ1) is 16.7. The first-order valence-corrected chi connectivity index (χ1v) is 8.70. The third-order valence-electron chi connectivity index (χ3n) is 3.93. The number of hydrogen-bond acceptors (Lipinski definition) is 5. The van der Waals surface area contributed by atoms with Crippen molar-refractivity contribution in [1.29, 1.82) is 0 Å². The number of likely N-dealkylation sites (tertiary alicyclic amines) is 1. The number of rotatable bonds is 5. The number of nitrogens with one attached hydrogen (secondary N) is 1. The lowest BCUT2D eigenvalue weighted by molar-refractivity contribution is 0.0936. The minimum absolute atomic E-state index is 0.0977. The molecule has 1 atom stereocenters. The van der Waals surface area contributed by atoms with Crippen molar-refractivity contribution in [2.45, 2.75) is 25.5 Å². The number of carbonyl (C=O) groups is 1. The minimum atomic E-state index is -0.264. The first-order valence-electron chi connectivity index (χ1n) is 7.91. The molecule has 1 amide bonds. The Labute approximate surface area is 149 Å². The van der Waals surface area contributed by atoms with Gasteiger partial charge < -0.3 is 15.0 Å². The highest BCUT2D eigenvalue weighted by Crippen LogP contribution is 2.19. The van der Waals surface area contributed by atoms with Crippen LogP contribution < -0.4 is 5.32 Å². The van der Waals surface area contributed by atoms with Gasteiger partial charge in [-0.15, -0.1) is 0 Å². The van der Waals surface area contributed by atoms with Crippen molar-refractivity contribution in [3.63, 3.8) is 0 Å². The number of hydrogen-bond donors (Lipinski definition) is 1. The van der Waals surface area contributed by atoms with Crippen LogP contribution in [0.5, 0.6) is 0 Å². The van der Waals surface area contributed by atoms with Crippen LogP contribution in [0.2, 0.25) is 0 Å². The van der Waals surface area contributed by atoms with Crippen LogP contribution in [0.15, 0.2) is 47.2 Å². The van der Waals surface area contributed by atoms with E-state index in [4.69, 9.17) is 4.74 Å². The summed E-state index contributed by atoms with van der Waals surface area (Å²) in [5.41, 5.74) is 0.989. The van der Waals surface area contributed by atoms with Gasteiger partial charge >= 0.3 is 6.09 Å². The second kappa shape index (κ2) is 8.10. The van der Waals surface area contributed by atoms with Gasteiger partial charge in [0.15, 0.2) is 0 Å². The molecule has 2 aromatic rings. The molecule has 0 radical (unpaired) electrons. The van der Waals surface area contributed by atoms with Crippen LogP contribution in [0.25, 0.3) is 0 Å². The highest BCUT2D eigenvalue weighted by molar-refractivity contribution is 9.10. The lowest BCUT2D eigenvalue weighted by Gasteiger charge is -2.24. The third-order valence-corrected chi connectivity index (χ3v) is 4.34. The predicted octanol–water partition coefficient (Wildman–Crippen LogP) is 3.45. The van der Waals surface area contributed by atoms with Crippen LogP contribution in [0.4, 0.5) is 10.7 Å². The molecule has 0 saturated carbocycles. The van der Waals surface area contributed by atoms with Gasteiger partial charge in [0, 0.05) is 25.5 Å². The lowest BCUT2D eigenvalue weighted by Crippen LogP contribution is -2.40. The third kappa shape index (κ3) is 4.44. The van der Waals surface area contributed by atoms with Crippen molar-refractivity contribution in [3.8, 4) is 0 Å². The fourth-order valence-corrected chi connectivity index (χ4v) is 2.91. The van der Waals surface area contributed by atoms with Crippen LogP contribution in [0.1, 0.15) is 18.4 Å². The molecule has 1 unspecified atom stereocenters. The van der Waals surface area contributed by atoms with Gasteiger partial charge in [0.2, 0.25) is 5.95 Å².